The summed E-state index contributed by atoms with van der Waals surface area (Å²) in [6, 6.07) is 7.29. The third-order valence-corrected chi connectivity index (χ3v) is 3.08. The summed E-state index contributed by atoms with van der Waals surface area (Å²) in [6.45, 7) is 2.25. The predicted molar refractivity (Wildman–Crippen MR) is 87.6 cm³/mol. The monoisotopic (exact) mass is 313 g/mol. The number of anilines is 2. The average Bonchev–Trinajstić information content (AvgIpc) is 2.53. The van der Waals surface area contributed by atoms with Crippen molar-refractivity contribution in [3.05, 3.63) is 47.9 Å². The number of benzene rings is 1. The second-order valence-electron chi connectivity index (χ2n) is 4.97. The minimum Gasteiger partial charge on any atom is -0.382 e. The highest BCUT2D eigenvalue weighted by atomic mass is 16.2. The molecule has 0 bridgehead atoms. The van der Waals surface area contributed by atoms with Crippen LogP contribution in [0, 0.1) is 0 Å². The molecule has 4 N–H and O–H groups in total. The van der Waals surface area contributed by atoms with Crippen LogP contribution in [0.5, 0.6) is 0 Å². The van der Waals surface area contributed by atoms with Gasteiger partial charge in [0.25, 0.3) is 5.91 Å². The van der Waals surface area contributed by atoms with E-state index in [9.17, 15) is 9.59 Å². The molecule has 120 valence electrons. The molecule has 0 unspecified atom stereocenters. The standard InChI is InChI=1S/C16H19N5O2/c1-2-4-13(22)21-12-6-3-5-11(9-12)10-20-16(23)14-15(17)19-8-7-18-14/h3,5-9H,2,4,10H2,1H3,(H2,17,19)(H,20,23)(H,21,22). The van der Waals surface area contributed by atoms with Gasteiger partial charge in [-0.05, 0) is 24.1 Å². The van der Waals surface area contributed by atoms with Gasteiger partial charge in [0.15, 0.2) is 11.5 Å². The fraction of sp³-hybridized carbons (Fsp3) is 0.250. The Morgan fingerprint density at radius 1 is 1.22 bits per heavy atom. The summed E-state index contributed by atoms with van der Waals surface area (Å²) >= 11 is 0. The molecule has 2 amide bonds. The Hall–Kier alpha value is -2.96. The van der Waals surface area contributed by atoms with Crippen molar-refractivity contribution in [2.75, 3.05) is 11.1 Å². The largest absolute Gasteiger partial charge is 0.382 e. The molecule has 23 heavy (non-hydrogen) atoms. The summed E-state index contributed by atoms with van der Waals surface area (Å²) in [4.78, 5) is 31.4. The van der Waals surface area contributed by atoms with Crippen molar-refractivity contribution in [1.29, 1.82) is 0 Å². The van der Waals surface area contributed by atoms with E-state index in [0.29, 0.717) is 18.7 Å². The van der Waals surface area contributed by atoms with Gasteiger partial charge in [-0.1, -0.05) is 19.1 Å². The first-order valence-corrected chi connectivity index (χ1v) is 7.33. The Labute approximate surface area is 134 Å². The lowest BCUT2D eigenvalue weighted by Gasteiger charge is -2.09. The molecule has 0 atom stereocenters. The molecule has 1 aromatic heterocycles. The molecule has 0 radical (unpaired) electrons. The van der Waals surface area contributed by atoms with Crippen molar-refractivity contribution >= 4 is 23.3 Å². The first kappa shape index (κ1) is 16.4. The number of nitrogens with one attached hydrogen (secondary N) is 2. The van der Waals surface area contributed by atoms with E-state index < -0.39 is 5.91 Å². The van der Waals surface area contributed by atoms with Crippen LogP contribution in [0.1, 0.15) is 35.8 Å². The van der Waals surface area contributed by atoms with Gasteiger partial charge in [-0.3, -0.25) is 9.59 Å². The number of rotatable bonds is 6. The topological polar surface area (TPSA) is 110 Å². The lowest BCUT2D eigenvalue weighted by atomic mass is 10.2. The average molecular weight is 313 g/mol. The number of carbonyl (C=O) groups is 2. The molecule has 0 aliphatic carbocycles. The van der Waals surface area contributed by atoms with Gasteiger partial charge >= 0.3 is 0 Å². The molecule has 0 saturated carbocycles. The molecular formula is C16H19N5O2. The van der Waals surface area contributed by atoms with Gasteiger partial charge in [0.05, 0.1) is 0 Å². The van der Waals surface area contributed by atoms with E-state index in [-0.39, 0.29) is 17.4 Å². The highest BCUT2D eigenvalue weighted by Crippen LogP contribution is 2.12. The molecule has 0 saturated heterocycles. The number of nitrogens with two attached hydrogens (primary N) is 1. The fourth-order valence-electron chi connectivity index (χ4n) is 2.00. The summed E-state index contributed by atoms with van der Waals surface area (Å²) in [5.74, 6) is -0.331. The molecular weight excluding hydrogens is 294 g/mol. The van der Waals surface area contributed by atoms with Crippen molar-refractivity contribution in [3.8, 4) is 0 Å². The van der Waals surface area contributed by atoms with Gasteiger partial charge in [0, 0.05) is 31.0 Å². The summed E-state index contributed by atoms with van der Waals surface area (Å²) in [5.41, 5.74) is 7.27. The SMILES string of the molecule is CCCC(=O)Nc1cccc(CNC(=O)c2nccnc2N)c1. The number of nitrogens with zero attached hydrogens (tertiary/aromatic N) is 2. The maximum atomic E-state index is 12.0. The Morgan fingerprint density at radius 3 is 2.74 bits per heavy atom. The zero-order valence-electron chi connectivity index (χ0n) is 12.9. The van der Waals surface area contributed by atoms with Crippen LogP contribution in [-0.2, 0) is 11.3 Å². The summed E-state index contributed by atoms with van der Waals surface area (Å²) in [7, 11) is 0. The third-order valence-electron chi connectivity index (χ3n) is 3.08. The van der Waals surface area contributed by atoms with E-state index in [4.69, 9.17) is 5.73 Å². The smallest absolute Gasteiger partial charge is 0.273 e. The van der Waals surface area contributed by atoms with Gasteiger partial charge < -0.3 is 16.4 Å². The van der Waals surface area contributed by atoms with Crippen molar-refractivity contribution in [2.45, 2.75) is 26.3 Å². The van der Waals surface area contributed by atoms with E-state index in [2.05, 4.69) is 20.6 Å². The second-order valence-corrected chi connectivity index (χ2v) is 4.97. The predicted octanol–water partition coefficient (Wildman–Crippen LogP) is 1.73. The van der Waals surface area contributed by atoms with Crippen LogP contribution in [0.2, 0.25) is 0 Å². The van der Waals surface area contributed by atoms with Gasteiger partial charge in [-0.25, -0.2) is 9.97 Å². The Bertz CT molecular complexity index is 702. The number of aromatic nitrogens is 2. The molecule has 0 aliphatic rings. The van der Waals surface area contributed by atoms with Crippen LogP contribution in [0.4, 0.5) is 11.5 Å². The van der Waals surface area contributed by atoms with Crippen LogP contribution >= 0.6 is 0 Å². The summed E-state index contributed by atoms with van der Waals surface area (Å²) in [5, 5.41) is 5.55. The molecule has 1 aromatic carbocycles. The van der Waals surface area contributed by atoms with Crippen LogP contribution < -0.4 is 16.4 Å². The van der Waals surface area contributed by atoms with E-state index in [1.807, 2.05) is 25.1 Å². The maximum absolute atomic E-state index is 12.0. The van der Waals surface area contributed by atoms with Gasteiger partial charge in [-0.15, -0.1) is 0 Å². The molecule has 0 aliphatic heterocycles. The van der Waals surface area contributed by atoms with E-state index >= 15 is 0 Å². The van der Waals surface area contributed by atoms with Crippen molar-refractivity contribution in [3.63, 3.8) is 0 Å². The number of amides is 2. The molecule has 0 spiro atoms. The zero-order chi connectivity index (χ0) is 16.7. The Balaban J connectivity index is 1.97. The molecule has 2 aromatic rings. The second kappa shape index (κ2) is 7.88. The Kier molecular flexibility index (Phi) is 5.62. The van der Waals surface area contributed by atoms with Crippen LogP contribution in [0.25, 0.3) is 0 Å². The van der Waals surface area contributed by atoms with Crippen molar-refractivity contribution in [2.24, 2.45) is 0 Å². The minimum atomic E-state index is -0.393. The highest BCUT2D eigenvalue weighted by molar-refractivity contribution is 5.96. The minimum absolute atomic E-state index is 0.0268. The van der Waals surface area contributed by atoms with E-state index in [0.717, 1.165) is 12.0 Å². The van der Waals surface area contributed by atoms with Crippen LogP contribution in [-0.4, -0.2) is 21.8 Å². The molecule has 7 heteroatoms. The molecule has 0 fully saturated rings. The molecule has 2 rings (SSSR count). The third kappa shape index (κ3) is 4.77. The summed E-state index contributed by atoms with van der Waals surface area (Å²) in [6.07, 6.45) is 4.11. The first-order valence-electron chi connectivity index (χ1n) is 7.33. The number of hydrogen-bond acceptors (Lipinski definition) is 5. The normalized spacial score (nSPS) is 10.1. The highest BCUT2D eigenvalue weighted by Gasteiger charge is 2.11. The van der Waals surface area contributed by atoms with E-state index in [1.54, 1.807) is 6.07 Å². The Morgan fingerprint density at radius 2 is 2.00 bits per heavy atom. The lowest BCUT2D eigenvalue weighted by Crippen LogP contribution is -2.25. The molecule has 1 heterocycles. The number of hydrogen-bond donors (Lipinski definition) is 3. The number of nitrogen functional groups attached to an aromatic ring is 1. The van der Waals surface area contributed by atoms with E-state index in [1.165, 1.54) is 12.4 Å². The zero-order valence-corrected chi connectivity index (χ0v) is 12.9. The van der Waals surface area contributed by atoms with Crippen LogP contribution in [0.15, 0.2) is 36.7 Å². The summed E-state index contributed by atoms with van der Waals surface area (Å²) < 4.78 is 0. The molecule has 7 nitrogen and oxygen atoms in total. The van der Waals surface area contributed by atoms with Gasteiger partial charge in [0.2, 0.25) is 5.91 Å². The van der Waals surface area contributed by atoms with Crippen LogP contribution in [0.3, 0.4) is 0 Å². The fourth-order valence-corrected chi connectivity index (χ4v) is 2.00. The first-order chi connectivity index (χ1) is 11.1. The number of carbonyl (C=O) groups excluding carboxylic acids is 2. The van der Waals surface area contributed by atoms with Crippen molar-refractivity contribution in [1.82, 2.24) is 15.3 Å². The quantitative estimate of drug-likeness (QED) is 0.752. The van der Waals surface area contributed by atoms with Gasteiger partial charge in [-0.2, -0.15) is 0 Å². The van der Waals surface area contributed by atoms with Crippen molar-refractivity contribution < 1.29 is 9.59 Å². The maximum Gasteiger partial charge on any atom is 0.273 e. The lowest BCUT2D eigenvalue weighted by molar-refractivity contribution is -0.116. The van der Waals surface area contributed by atoms with Gasteiger partial charge in [0.1, 0.15) is 0 Å².